The van der Waals surface area contributed by atoms with E-state index < -0.39 is 6.10 Å². The highest BCUT2D eigenvalue weighted by Crippen LogP contribution is 2.38. The van der Waals surface area contributed by atoms with Gasteiger partial charge in [0.2, 0.25) is 0 Å². The Hall–Kier alpha value is -0.160. The third-order valence-corrected chi connectivity index (χ3v) is 5.46. The van der Waals surface area contributed by atoms with Crippen LogP contribution in [0.25, 0.3) is 0 Å². The highest BCUT2D eigenvalue weighted by molar-refractivity contribution is 9.12. The molecule has 0 radical (unpaired) electrons. The quantitative estimate of drug-likeness (QED) is 0.686. The van der Waals surface area contributed by atoms with Crippen LogP contribution in [-0.4, -0.2) is 5.11 Å². The minimum Gasteiger partial charge on any atom is -0.384 e. The molecule has 0 spiro atoms. The van der Waals surface area contributed by atoms with Crippen LogP contribution in [0.1, 0.15) is 43.6 Å². The zero-order valence-electron chi connectivity index (χ0n) is 11.1. The Balaban J connectivity index is 2.30. The van der Waals surface area contributed by atoms with E-state index in [1.165, 1.54) is 5.56 Å². The molecule has 1 aromatic carbocycles. The van der Waals surface area contributed by atoms with Gasteiger partial charge in [0, 0.05) is 5.56 Å². The van der Waals surface area contributed by atoms with E-state index >= 15 is 0 Å². The number of thiophene rings is 1. The molecule has 1 unspecified atom stereocenters. The highest BCUT2D eigenvalue weighted by atomic mass is 79.9. The lowest BCUT2D eigenvalue weighted by Crippen LogP contribution is -2.11. The summed E-state index contributed by atoms with van der Waals surface area (Å²) < 4.78 is 1.98. The zero-order chi connectivity index (χ0) is 14.2. The van der Waals surface area contributed by atoms with Crippen molar-refractivity contribution in [1.29, 1.82) is 0 Å². The van der Waals surface area contributed by atoms with Gasteiger partial charge in [0.1, 0.15) is 6.10 Å². The number of aliphatic hydroxyl groups is 1. The molecule has 4 heteroatoms. The van der Waals surface area contributed by atoms with Crippen molar-refractivity contribution in [2.24, 2.45) is 0 Å². The van der Waals surface area contributed by atoms with Gasteiger partial charge < -0.3 is 5.11 Å². The summed E-state index contributed by atoms with van der Waals surface area (Å²) in [6.45, 7) is 6.56. The van der Waals surface area contributed by atoms with Crippen LogP contribution in [0.5, 0.6) is 0 Å². The molecule has 19 heavy (non-hydrogen) atoms. The van der Waals surface area contributed by atoms with Gasteiger partial charge in [-0.2, -0.15) is 0 Å². The smallest absolute Gasteiger partial charge is 0.106 e. The molecule has 0 amide bonds. The van der Waals surface area contributed by atoms with Crippen LogP contribution in [0.2, 0.25) is 0 Å². The average molecular weight is 404 g/mol. The molecule has 1 heterocycles. The predicted octanol–water partition coefficient (Wildman–Crippen LogP) is 5.65. The fourth-order valence-corrected chi connectivity index (χ4v) is 4.77. The SMILES string of the molecule is CC(C)(C)c1ccc(C(O)c2cc(Br)sc2Br)cc1. The van der Waals surface area contributed by atoms with E-state index in [4.69, 9.17) is 0 Å². The van der Waals surface area contributed by atoms with Crippen LogP contribution in [-0.2, 0) is 5.41 Å². The predicted molar refractivity (Wildman–Crippen MR) is 88.9 cm³/mol. The molecule has 102 valence electrons. The van der Waals surface area contributed by atoms with Crippen molar-refractivity contribution < 1.29 is 5.11 Å². The van der Waals surface area contributed by atoms with Crippen molar-refractivity contribution in [2.45, 2.75) is 32.3 Å². The first-order valence-corrected chi connectivity index (χ1v) is 8.42. The standard InChI is InChI=1S/C15H16Br2OS/c1-15(2,3)10-6-4-9(5-7-10)13(18)11-8-12(16)19-14(11)17/h4-8,13,18H,1-3H3. The summed E-state index contributed by atoms with van der Waals surface area (Å²) >= 11 is 8.50. The number of hydrogen-bond acceptors (Lipinski definition) is 2. The van der Waals surface area contributed by atoms with E-state index in [1.54, 1.807) is 11.3 Å². The van der Waals surface area contributed by atoms with Crippen LogP contribution in [0.15, 0.2) is 37.9 Å². The van der Waals surface area contributed by atoms with Crippen molar-refractivity contribution in [3.8, 4) is 0 Å². The minimum absolute atomic E-state index is 0.134. The van der Waals surface area contributed by atoms with Crippen LogP contribution >= 0.6 is 43.2 Å². The van der Waals surface area contributed by atoms with Crippen molar-refractivity contribution in [2.75, 3.05) is 0 Å². The lowest BCUT2D eigenvalue weighted by Gasteiger charge is -2.20. The van der Waals surface area contributed by atoms with Gasteiger partial charge in [0.25, 0.3) is 0 Å². The van der Waals surface area contributed by atoms with E-state index in [2.05, 4.69) is 64.8 Å². The molecule has 1 aromatic heterocycles. The second-order valence-corrected chi connectivity index (χ2v) is 9.30. The molecular weight excluding hydrogens is 388 g/mol. The summed E-state index contributed by atoms with van der Waals surface area (Å²) in [4.78, 5) is 0. The number of rotatable bonds is 2. The molecule has 0 aliphatic rings. The molecule has 1 atom stereocenters. The molecule has 0 bridgehead atoms. The largest absolute Gasteiger partial charge is 0.384 e. The summed E-state index contributed by atoms with van der Waals surface area (Å²) in [5.74, 6) is 0. The summed E-state index contributed by atoms with van der Waals surface area (Å²) in [6.07, 6.45) is -0.592. The third kappa shape index (κ3) is 3.48. The molecule has 0 fully saturated rings. The van der Waals surface area contributed by atoms with Crippen LogP contribution in [0, 0.1) is 0 Å². The molecule has 1 nitrogen and oxygen atoms in total. The van der Waals surface area contributed by atoms with E-state index in [1.807, 2.05) is 18.2 Å². The van der Waals surface area contributed by atoms with E-state index in [-0.39, 0.29) is 5.41 Å². The van der Waals surface area contributed by atoms with Gasteiger partial charge in [0.15, 0.2) is 0 Å². The van der Waals surface area contributed by atoms with Crippen molar-refractivity contribution >= 4 is 43.2 Å². The third-order valence-electron chi connectivity index (χ3n) is 3.07. The second-order valence-electron chi connectivity index (χ2n) is 5.55. The van der Waals surface area contributed by atoms with Crippen LogP contribution in [0.4, 0.5) is 0 Å². The van der Waals surface area contributed by atoms with Gasteiger partial charge in [-0.25, -0.2) is 0 Å². The molecule has 2 rings (SSSR count). The highest BCUT2D eigenvalue weighted by Gasteiger charge is 2.18. The van der Waals surface area contributed by atoms with E-state index in [0.717, 1.165) is 18.7 Å². The summed E-state index contributed by atoms with van der Waals surface area (Å²) in [5, 5.41) is 10.4. The van der Waals surface area contributed by atoms with Gasteiger partial charge >= 0.3 is 0 Å². The molecule has 0 aliphatic carbocycles. The minimum atomic E-state index is -0.592. The number of benzene rings is 1. The van der Waals surface area contributed by atoms with E-state index in [0.29, 0.717) is 0 Å². The first kappa shape index (κ1) is 15.2. The van der Waals surface area contributed by atoms with Crippen LogP contribution in [0.3, 0.4) is 0 Å². The maximum atomic E-state index is 10.4. The van der Waals surface area contributed by atoms with Gasteiger partial charge in [0.05, 0.1) is 7.57 Å². The van der Waals surface area contributed by atoms with Gasteiger partial charge in [-0.1, -0.05) is 45.0 Å². The summed E-state index contributed by atoms with van der Waals surface area (Å²) in [6, 6.07) is 10.1. The summed E-state index contributed by atoms with van der Waals surface area (Å²) in [7, 11) is 0. The van der Waals surface area contributed by atoms with Crippen molar-refractivity contribution in [3.63, 3.8) is 0 Å². The maximum absolute atomic E-state index is 10.4. The topological polar surface area (TPSA) is 20.2 Å². The Labute approximate surface area is 134 Å². The fraction of sp³-hybridized carbons (Fsp3) is 0.333. The zero-order valence-corrected chi connectivity index (χ0v) is 15.1. The fourth-order valence-electron chi connectivity index (χ4n) is 1.88. The second kappa shape index (κ2) is 5.68. The Kier molecular flexibility index (Phi) is 4.56. The van der Waals surface area contributed by atoms with Crippen molar-refractivity contribution in [1.82, 2.24) is 0 Å². The molecule has 0 aliphatic heterocycles. The van der Waals surface area contributed by atoms with Crippen molar-refractivity contribution in [3.05, 3.63) is 54.6 Å². The number of hydrogen-bond donors (Lipinski definition) is 1. The molecule has 2 aromatic rings. The summed E-state index contributed by atoms with van der Waals surface area (Å²) in [5.41, 5.74) is 3.23. The number of aliphatic hydroxyl groups excluding tert-OH is 1. The Morgan fingerprint density at radius 2 is 1.68 bits per heavy atom. The average Bonchev–Trinajstić information content (AvgIpc) is 2.66. The Morgan fingerprint density at radius 3 is 2.11 bits per heavy atom. The Morgan fingerprint density at radius 1 is 1.11 bits per heavy atom. The monoisotopic (exact) mass is 402 g/mol. The maximum Gasteiger partial charge on any atom is 0.106 e. The Bertz CT molecular complexity index is 567. The van der Waals surface area contributed by atoms with E-state index in [9.17, 15) is 5.11 Å². The normalized spacial score (nSPS) is 13.6. The van der Waals surface area contributed by atoms with Gasteiger partial charge in [-0.15, -0.1) is 11.3 Å². The lowest BCUT2D eigenvalue weighted by molar-refractivity contribution is 0.220. The number of halogens is 2. The van der Waals surface area contributed by atoms with Crippen LogP contribution < -0.4 is 0 Å². The first-order chi connectivity index (χ1) is 8.79. The molecule has 1 N–H and O–H groups in total. The molecule has 0 saturated carbocycles. The van der Waals surface area contributed by atoms with Gasteiger partial charge in [-0.3, -0.25) is 0 Å². The molecule has 0 saturated heterocycles. The first-order valence-electron chi connectivity index (χ1n) is 6.02. The lowest BCUT2D eigenvalue weighted by atomic mass is 9.86. The van der Waals surface area contributed by atoms with Gasteiger partial charge in [-0.05, 0) is 54.5 Å². The molecular formula is C15H16Br2OS.